The molecule has 0 radical (unpaired) electrons. The van der Waals surface area contributed by atoms with Crippen LogP contribution in [-0.4, -0.2) is 70.1 Å². The van der Waals surface area contributed by atoms with Crippen LogP contribution in [0.1, 0.15) is 19.8 Å². The Morgan fingerprint density at radius 3 is 2.76 bits per heavy atom. The van der Waals surface area contributed by atoms with Crippen molar-refractivity contribution >= 4 is 50.2 Å². The Hall–Kier alpha value is -2.49. The Morgan fingerprint density at radius 1 is 1.26 bits per heavy atom. The van der Waals surface area contributed by atoms with Crippen LogP contribution in [0, 0.1) is 11.8 Å². The van der Waals surface area contributed by atoms with Gasteiger partial charge in [0.2, 0.25) is 11.8 Å². The molecule has 0 aliphatic carbocycles. The lowest BCUT2D eigenvalue weighted by molar-refractivity contribution is -0.154. The zero-order valence-electron chi connectivity index (χ0n) is 18.8. The molecule has 0 aromatic heterocycles. The zero-order valence-corrected chi connectivity index (χ0v) is 20.4. The monoisotopic (exact) mass is 530 g/mol. The lowest BCUT2D eigenvalue weighted by atomic mass is 9.70. The van der Waals surface area contributed by atoms with Crippen LogP contribution >= 0.6 is 15.9 Å². The molecule has 34 heavy (non-hydrogen) atoms. The summed E-state index contributed by atoms with van der Waals surface area (Å²) in [6.45, 7) is 1.99. The molecule has 2 N–H and O–H groups in total. The van der Waals surface area contributed by atoms with Crippen molar-refractivity contribution in [3.05, 3.63) is 42.5 Å². The number of aliphatic hydroxyl groups is 1. The van der Waals surface area contributed by atoms with E-state index in [0.29, 0.717) is 18.5 Å². The predicted molar refractivity (Wildman–Crippen MR) is 128 cm³/mol. The molecule has 3 heterocycles. The third-order valence-electron chi connectivity index (χ3n) is 7.17. The molecule has 3 saturated heterocycles. The van der Waals surface area contributed by atoms with Crippen LogP contribution in [0.15, 0.2) is 42.5 Å². The van der Waals surface area contributed by atoms with Gasteiger partial charge in [-0.3, -0.25) is 14.4 Å². The summed E-state index contributed by atoms with van der Waals surface area (Å²) in [5.41, 5.74) is -0.521. The fourth-order valence-electron chi connectivity index (χ4n) is 5.90. The summed E-state index contributed by atoms with van der Waals surface area (Å²) >= 11 is 3.62. The fourth-order valence-corrected chi connectivity index (χ4v) is 6.84. The summed E-state index contributed by atoms with van der Waals surface area (Å²) in [6, 6.07) is 12.6. The average Bonchev–Trinajstić information content (AvgIpc) is 3.41. The highest BCUT2D eigenvalue weighted by atomic mass is 79.9. The van der Waals surface area contributed by atoms with Crippen molar-refractivity contribution in [2.75, 3.05) is 25.1 Å². The van der Waals surface area contributed by atoms with Gasteiger partial charge in [-0.2, -0.15) is 0 Å². The van der Waals surface area contributed by atoms with Gasteiger partial charge < -0.3 is 24.8 Å². The highest BCUT2D eigenvalue weighted by Gasteiger charge is 2.76. The topological polar surface area (TPSA) is 105 Å². The Balaban J connectivity index is 1.50. The Bertz CT molecular complexity index is 1140. The van der Waals surface area contributed by atoms with Gasteiger partial charge in [-0.15, -0.1) is 0 Å². The molecule has 3 aliphatic rings. The van der Waals surface area contributed by atoms with Crippen LogP contribution in [-0.2, 0) is 23.9 Å². The van der Waals surface area contributed by atoms with Gasteiger partial charge in [0.25, 0.3) is 0 Å². The summed E-state index contributed by atoms with van der Waals surface area (Å²) in [7, 11) is 0. The molecule has 3 unspecified atom stereocenters. The quantitative estimate of drug-likeness (QED) is 0.420. The number of fused-ring (bicyclic) bond motifs is 2. The van der Waals surface area contributed by atoms with Gasteiger partial charge >= 0.3 is 5.97 Å². The van der Waals surface area contributed by atoms with Crippen molar-refractivity contribution in [3.63, 3.8) is 0 Å². The summed E-state index contributed by atoms with van der Waals surface area (Å²) in [6.07, 6.45) is 0.207. The number of halogens is 1. The summed E-state index contributed by atoms with van der Waals surface area (Å²) in [4.78, 5) is 41.5. The number of ether oxygens (including phenoxy) is 2. The first kappa shape index (κ1) is 23.3. The first-order valence-corrected chi connectivity index (χ1v) is 12.5. The molecule has 9 heteroatoms. The van der Waals surface area contributed by atoms with Gasteiger partial charge in [0, 0.05) is 23.7 Å². The normalized spacial score (nSPS) is 31.7. The molecule has 5 rings (SSSR count). The predicted octanol–water partition coefficient (Wildman–Crippen LogP) is 2.47. The lowest BCUT2D eigenvalue weighted by Crippen LogP contribution is -2.54. The van der Waals surface area contributed by atoms with Crippen molar-refractivity contribution in [1.82, 2.24) is 4.90 Å². The number of hydrogen-bond donors (Lipinski definition) is 2. The van der Waals surface area contributed by atoms with E-state index in [4.69, 9.17) is 9.47 Å². The van der Waals surface area contributed by atoms with E-state index in [2.05, 4.69) is 21.2 Å². The Labute approximate surface area is 205 Å². The SMILES string of the molecule is CCOC(=O)[C@H]1[C@H]2C(=O)N(CCCO)C(C(=O)Nc3ccc4ccccc4c3)C23CC(Br)[C@@H]1O3. The minimum Gasteiger partial charge on any atom is -0.466 e. The van der Waals surface area contributed by atoms with Crippen molar-refractivity contribution in [3.8, 4) is 0 Å². The van der Waals surface area contributed by atoms with E-state index in [1.54, 1.807) is 6.92 Å². The Morgan fingerprint density at radius 2 is 2.03 bits per heavy atom. The molecule has 6 atom stereocenters. The van der Waals surface area contributed by atoms with Gasteiger partial charge in [-0.25, -0.2) is 0 Å². The second kappa shape index (κ2) is 8.94. The summed E-state index contributed by atoms with van der Waals surface area (Å²) in [5.74, 6) is -2.72. The van der Waals surface area contributed by atoms with Crippen LogP contribution < -0.4 is 5.32 Å². The number of anilines is 1. The number of alkyl halides is 1. The van der Waals surface area contributed by atoms with E-state index >= 15 is 0 Å². The smallest absolute Gasteiger partial charge is 0.312 e. The van der Waals surface area contributed by atoms with E-state index in [9.17, 15) is 19.5 Å². The minimum atomic E-state index is -1.14. The Kier molecular flexibility index (Phi) is 6.12. The number of likely N-dealkylation sites (tertiary alicyclic amines) is 1. The highest BCUT2D eigenvalue weighted by Crippen LogP contribution is 2.60. The molecule has 3 aliphatic heterocycles. The maximum Gasteiger partial charge on any atom is 0.312 e. The standard InChI is InChI=1S/C25H27BrN2O6/c1-2-33-24(32)18-19-23(31)28(10-5-11-29)21(25(19)13-17(26)20(18)34-25)22(30)27-16-9-8-14-6-3-4-7-15(14)12-16/h3-4,6-9,12,17-21,29H,2,5,10-11,13H2,1H3,(H,27,30)/t17?,18-,19-,20-,21?,25?/m0/s1. The molecule has 8 nitrogen and oxygen atoms in total. The van der Waals surface area contributed by atoms with Crippen LogP contribution in [0.4, 0.5) is 5.69 Å². The number of amides is 2. The van der Waals surface area contributed by atoms with Crippen LogP contribution in [0.25, 0.3) is 10.8 Å². The number of nitrogens with zero attached hydrogens (tertiary/aromatic N) is 1. The third-order valence-corrected chi connectivity index (χ3v) is 8.02. The van der Waals surface area contributed by atoms with Crippen LogP contribution in [0.3, 0.4) is 0 Å². The first-order valence-electron chi connectivity index (χ1n) is 11.6. The summed E-state index contributed by atoms with van der Waals surface area (Å²) in [5, 5.41) is 14.4. The maximum atomic E-state index is 13.7. The zero-order chi connectivity index (χ0) is 24.0. The van der Waals surface area contributed by atoms with Gasteiger partial charge in [0.1, 0.15) is 11.6 Å². The average molecular weight is 531 g/mol. The van der Waals surface area contributed by atoms with E-state index in [1.165, 1.54) is 4.90 Å². The fraction of sp³-hybridized carbons (Fsp3) is 0.480. The molecular weight excluding hydrogens is 504 g/mol. The van der Waals surface area contributed by atoms with Crippen molar-refractivity contribution in [2.24, 2.45) is 11.8 Å². The molecular formula is C25H27BrN2O6. The second-order valence-corrected chi connectivity index (χ2v) is 10.3. The molecule has 2 aromatic carbocycles. The van der Waals surface area contributed by atoms with Gasteiger partial charge in [-0.05, 0) is 42.7 Å². The van der Waals surface area contributed by atoms with Crippen LogP contribution in [0.5, 0.6) is 0 Å². The number of carbonyl (C=O) groups is 3. The first-order chi connectivity index (χ1) is 16.4. The van der Waals surface area contributed by atoms with Crippen molar-refractivity contribution < 1.29 is 29.0 Å². The molecule has 2 bridgehead atoms. The molecule has 0 saturated carbocycles. The van der Waals surface area contributed by atoms with Crippen molar-refractivity contribution in [1.29, 1.82) is 0 Å². The molecule has 180 valence electrons. The van der Waals surface area contributed by atoms with E-state index < -0.39 is 35.6 Å². The minimum absolute atomic E-state index is 0.119. The number of aliphatic hydroxyl groups excluding tert-OH is 1. The van der Waals surface area contributed by atoms with Crippen molar-refractivity contribution in [2.45, 2.75) is 42.3 Å². The second-order valence-electron chi connectivity index (χ2n) is 9.08. The number of benzene rings is 2. The summed E-state index contributed by atoms with van der Waals surface area (Å²) < 4.78 is 11.6. The number of esters is 1. The highest BCUT2D eigenvalue weighted by molar-refractivity contribution is 9.09. The number of hydrogen-bond acceptors (Lipinski definition) is 6. The maximum absolute atomic E-state index is 13.7. The molecule has 1 spiro atoms. The largest absolute Gasteiger partial charge is 0.466 e. The van der Waals surface area contributed by atoms with Gasteiger partial charge in [0.15, 0.2) is 0 Å². The third kappa shape index (κ3) is 3.52. The van der Waals surface area contributed by atoms with Gasteiger partial charge in [-0.1, -0.05) is 46.3 Å². The number of rotatable bonds is 7. The van der Waals surface area contributed by atoms with Crippen LogP contribution in [0.2, 0.25) is 0 Å². The molecule has 2 aromatic rings. The van der Waals surface area contributed by atoms with E-state index in [-0.39, 0.29) is 36.4 Å². The molecule has 2 amide bonds. The van der Waals surface area contributed by atoms with E-state index in [1.807, 2.05) is 42.5 Å². The van der Waals surface area contributed by atoms with E-state index in [0.717, 1.165) is 10.8 Å². The van der Waals surface area contributed by atoms with Gasteiger partial charge in [0.05, 0.1) is 24.5 Å². The lowest BCUT2D eigenvalue weighted by Gasteiger charge is -2.34. The number of nitrogens with one attached hydrogen (secondary N) is 1. The molecule has 3 fully saturated rings. The number of carbonyl (C=O) groups excluding carboxylic acids is 3.